The number of hydrogen-bond donors (Lipinski definition) is 1. The van der Waals surface area contributed by atoms with E-state index in [-0.39, 0.29) is 6.10 Å². The van der Waals surface area contributed by atoms with E-state index in [0.29, 0.717) is 0 Å². The second-order valence-corrected chi connectivity index (χ2v) is 2.89. The molecule has 0 aliphatic heterocycles. The summed E-state index contributed by atoms with van der Waals surface area (Å²) in [6.07, 6.45) is 6.12. The van der Waals surface area contributed by atoms with Crippen LogP contribution in [0.2, 0.25) is 0 Å². The van der Waals surface area contributed by atoms with Crippen molar-refractivity contribution in [3.05, 3.63) is 5.92 Å². The Balaban J connectivity index is 2.23. The molecule has 0 aromatic rings. The molecule has 1 rings (SSSR count). The Labute approximate surface area is 57.1 Å². The second kappa shape index (κ2) is 3.21. The number of hydrogen-bond acceptors (Lipinski definition) is 1. The number of aliphatic hydroxyl groups is 1. The topological polar surface area (TPSA) is 20.2 Å². The first-order chi connectivity index (χ1) is 4.30. The van der Waals surface area contributed by atoms with E-state index >= 15 is 0 Å². The molecule has 1 unspecified atom stereocenters. The molecule has 0 spiro atoms. The molecule has 0 heterocycles. The second-order valence-electron chi connectivity index (χ2n) is 2.89. The summed E-state index contributed by atoms with van der Waals surface area (Å²) in [5.41, 5.74) is 0. The van der Waals surface area contributed by atoms with E-state index in [1.54, 1.807) is 0 Å². The fourth-order valence-electron chi connectivity index (χ4n) is 1.42. The van der Waals surface area contributed by atoms with Crippen LogP contribution in [0.1, 0.15) is 39.0 Å². The molecule has 0 amide bonds. The molecule has 0 bridgehead atoms. The van der Waals surface area contributed by atoms with Gasteiger partial charge in [0.1, 0.15) is 0 Å². The highest BCUT2D eigenvalue weighted by molar-refractivity contribution is 4.96. The van der Waals surface area contributed by atoms with Crippen LogP contribution in [0.3, 0.4) is 0 Å². The third kappa shape index (κ3) is 1.98. The standard InChI is InChI=1S/C8H15O/c1-7(9)8-5-3-2-4-6-8/h7,9H,2-6H2,1H3. The van der Waals surface area contributed by atoms with Crippen LogP contribution in [-0.4, -0.2) is 11.2 Å². The van der Waals surface area contributed by atoms with Crippen LogP contribution in [0.25, 0.3) is 0 Å². The smallest absolute Gasteiger partial charge is 0.0574 e. The summed E-state index contributed by atoms with van der Waals surface area (Å²) in [6.45, 7) is 1.88. The van der Waals surface area contributed by atoms with Crippen molar-refractivity contribution in [3.8, 4) is 0 Å². The maximum atomic E-state index is 9.14. The van der Waals surface area contributed by atoms with E-state index in [9.17, 15) is 0 Å². The van der Waals surface area contributed by atoms with Gasteiger partial charge in [-0.2, -0.15) is 0 Å². The van der Waals surface area contributed by atoms with E-state index in [2.05, 4.69) is 0 Å². The predicted octanol–water partition coefficient (Wildman–Crippen LogP) is 1.91. The lowest BCUT2D eigenvalue weighted by Gasteiger charge is -2.22. The Bertz CT molecular complexity index is 72.6. The van der Waals surface area contributed by atoms with E-state index < -0.39 is 0 Å². The van der Waals surface area contributed by atoms with Crippen molar-refractivity contribution < 1.29 is 5.11 Å². The zero-order valence-corrected chi connectivity index (χ0v) is 6.06. The molecule has 1 atom stereocenters. The van der Waals surface area contributed by atoms with Crippen molar-refractivity contribution in [2.75, 3.05) is 0 Å². The maximum Gasteiger partial charge on any atom is 0.0574 e. The fourth-order valence-corrected chi connectivity index (χ4v) is 1.42. The molecule has 1 radical (unpaired) electrons. The van der Waals surface area contributed by atoms with Gasteiger partial charge in [-0.3, -0.25) is 0 Å². The van der Waals surface area contributed by atoms with Crippen LogP contribution < -0.4 is 0 Å². The molecule has 1 heteroatoms. The molecule has 1 aliphatic rings. The van der Waals surface area contributed by atoms with Crippen LogP contribution in [0.5, 0.6) is 0 Å². The minimum atomic E-state index is -0.148. The van der Waals surface area contributed by atoms with E-state index in [0.717, 1.165) is 12.8 Å². The highest BCUT2D eigenvalue weighted by Gasteiger charge is 2.17. The Morgan fingerprint density at radius 1 is 1.22 bits per heavy atom. The molecule has 1 fully saturated rings. The third-order valence-corrected chi connectivity index (χ3v) is 2.09. The van der Waals surface area contributed by atoms with Gasteiger partial charge in [0.25, 0.3) is 0 Å². The monoisotopic (exact) mass is 127 g/mol. The summed E-state index contributed by atoms with van der Waals surface area (Å²) in [6, 6.07) is 0. The molecule has 0 aromatic heterocycles. The summed E-state index contributed by atoms with van der Waals surface area (Å²) < 4.78 is 0. The summed E-state index contributed by atoms with van der Waals surface area (Å²) in [4.78, 5) is 0. The molecule has 1 nitrogen and oxygen atoms in total. The normalized spacial score (nSPS) is 26.0. The van der Waals surface area contributed by atoms with Gasteiger partial charge in [0.15, 0.2) is 0 Å². The Hall–Kier alpha value is -0.0400. The lowest BCUT2D eigenvalue weighted by atomic mass is 9.86. The highest BCUT2D eigenvalue weighted by Crippen LogP contribution is 2.27. The molecule has 0 saturated heterocycles. The average Bonchev–Trinajstić information content (AvgIpc) is 1.90. The van der Waals surface area contributed by atoms with Gasteiger partial charge in [-0.05, 0) is 19.8 Å². The van der Waals surface area contributed by atoms with Gasteiger partial charge in [0.05, 0.1) is 6.10 Å². The average molecular weight is 127 g/mol. The molecule has 1 aliphatic carbocycles. The van der Waals surface area contributed by atoms with Crippen molar-refractivity contribution in [1.82, 2.24) is 0 Å². The predicted molar refractivity (Wildman–Crippen MR) is 38.0 cm³/mol. The van der Waals surface area contributed by atoms with E-state index in [1.807, 2.05) is 6.92 Å². The first-order valence-electron chi connectivity index (χ1n) is 3.83. The van der Waals surface area contributed by atoms with Crippen LogP contribution in [0, 0.1) is 5.92 Å². The van der Waals surface area contributed by atoms with Gasteiger partial charge < -0.3 is 5.11 Å². The zero-order valence-electron chi connectivity index (χ0n) is 6.06. The highest BCUT2D eigenvalue weighted by atomic mass is 16.3. The van der Waals surface area contributed by atoms with Gasteiger partial charge in [0, 0.05) is 5.92 Å². The third-order valence-electron chi connectivity index (χ3n) is 2.09. The minimum absolute atomic E-state index is 0.148. The zero-order chi connectivity index (χ0) is 6.69. The molecule has 53 valence electrons. The van der Waals surface area contributed by atoms with Crippen LogP contribution in [-0.2, 0) is 0 Å². The van der Waals surface area contributed by atoms with Gasteiger partial charge in [-0.1, -0.05) is 19.3 Å². The first kappa shape index (κ1) is 7.07. The fraction of sp³-hybridized carbons (Fsp3) is 0.875. The minimum Gasteiger partial charge on any atom is -0.393 e. The first-order valence-corrected chi connectivity index (χ1v) is 3.83. The quantitative estimate of drug-likeness (QED) is 0.570. The molecular formula is C8H15O. The van der Waals surface area contributed by atoms with Crippen molar-refractivity contribution in [1.29, 1.82) is 0 Å². The van der Waals surface area contributed by atoms with Crippen LogP contribution >= 0.6 is 0 Å². The largest absolute Gasteiger partial charge is 0.393 e. The van der Waals surface area contributed by atoms with Crippen LogP contribution in [0.15, 0.2) is 0 Å². The van der Waals surface area contributed by atoms with Crippen molar-refractivity contribution in [2.24, 2.45) is 0 Å². The Kier molecular flexibility index (Phi) is 2.52. The Morgan fingerprint density at radius 2 is 1.78 bits per heavy atom. The number of rotatable bonds is 1. The summed E-state index contributed by atoms with van der Waals surface area (Å²) in [7, 11) is 0. The van der Waals surface area contributed by atoms with Gasteiger partial charge >= 0.3 is 0 Å². The van der Waals surface area contributed by atoms with Crippen molar-refractivity contribution in [3.63, 3.8) is 0 Å². The molecule has 1 N–H and O–H groups in total. The molecule has 9 heavy (non-hydrogen) atoms. The van der Waals surface area contributed by atoms with Gasteiger partial charge in [0.2, 0.25) is 0 Å². The number of aliphatic hydroxyl groups excluding tert-OH is 1. The SMILES string of the molecule is CC(O)[C]1CCCCC1. The lowest BCUT2D eigenvalue weighted by Crippen LogP contribution is -2.16. The lowest BCUT2D eigenvalue weighted by molar-refractivity contribution is 0.187. The molecular weight excluding hydrogens is 112 g/mol. The Morgan fingerprint density at radius 3 is 2.11 bits per heavy atom. The van der Waals surface area contributed by atoms with Crippen molar-refractivity contribution >= 4 is 0 Å². The molecule has 1 saturated carbocycles. The van der Waals surface area contributed by atoms with Gasteiger partial charge in [-0.15, -0.1) is 0 Å². The maximum absolute atomic E-state index is 9.14. The van der Waals surface area contributed by atoms with E-state index in [4.69, 9.17) is 5.11 Å². The molecule has 0 aromatic carbocycles. The van der Waals surface area contributed by atoms with Gasteiger partial charge in [-0.25, -0.2) is 0 Å². The van der Waals surface area contributed by atoms with Crippen LogP contribution in [0.4, 0.5) is 0 Å². The summed E-state index contributed by atoms with van der Waals surface area (Å²) in [5.74, 6) is 1.36. The summed E-state index contributed by atoms with van der Waals surface area (Å²) in [5, 5.41) is 9.14. The van der Waals surface area contributed by atoms with E-state index in [1.165, 1.54) is 25.2 Å². The summed E-state index contributed by atoms with van der Waals surface area (Å²) >= 11 is 0. The van der Waals surface area contributed by atoms with Crippen molar-refractivity contribution in [2.45, 2.75) is 45.1 Å².